The standard InChI is InChI=1S/C16H20N4O3/c1-11-14(4-6-23-11)16(21)18-8-12-7-13(22-2)9-20(12)15-3-5-17-10-19-15/h3-6,10,12-13H,7-9H2,1-2H3,(H,18,21)/t12-,13-/m1/s1. The summed E-state index contributed by atoms with van der Waals surface area (Å²) >= 11 is 0. The zero-order valence-electron chi connectivity index (χ0n) is 13.2. The third-order valence-electron chi connectivity index (χ3n) is 4.17. The van der Waals surface area contributed by atoms with Crippen LogP contribution in [0.1, 0.15) is 22.5 Å². The van der Waals surface area contributed by atoms with Crippen LogP contribution in [0.4, 0.5) is 5.82 Å². The molecule has 0 aromatic carbocycles. The second-order valence-corrected chi connectivity index (χ2v) is 5.57. The van der Waals surface area contributed by atoms with Gasteiger partial charge in [0.15, 0.2) is 0 Å². The summed E-state index contributed by atoms with van der Waals surface area (Å²) in [7, 11) is 1.71. The number of methoxy groups -OCH3 is 1. The van der Waals surface area contributed by atoms with Gasteiger partial charge in [-0.05, 0) is 25.5 Å². The molecule has 7 heteroatoms. The molecule has 0 spiro atoms. The molecule has 3 heterocycles. The highest BCUT2D eigenvalue weighted by molar-refractivity contribution is 5.95. The lowest BCUT2D eigenvalue weighted by Crippen LogP contribution is -2.40. The number of aromatic nitrogens is 2. The Morgan fingerprint density at radius 3 is 3.04 bits per heavy atom. The Bertz CT molecular complexity index is 658. The molecule has 1 aliphatic rings. The molecule has 3 rings (SSSR count). The molecule has 0 aliphatic carbocycles. The lowest BCUT2D eigenvalue weighted by Gasteiger charge is -2.25. The van der Waals surface area contributed by atoms with E-state index in [-0.39, 0.29) is 18.1 Å². The summed E-state index contributed by atoms with van der Waals surface area (Å²) in [5.74, 6) is 1.34. The Balaban J connectivity index is 1.67. The first-order valence-electron chi connectivity index (χ1n) is 7.56. The van der Waals surface area contributed by atoms with E-state index in [1.165, 1.54) is 12.6 Å². The predicted molar refractivity (Wildman–Crippen MR) is 84.4 cm³/mol. The molecule has 1 N–H and O–H groups in total. The molecule has 1 fully saturated rings. The van der Waals surface area contributed by atoms with Crippen molar-refractivity contribution in [2.75, 3.05) is 25.1 Å². The van der Waals surface area contributed by atoms with Crippen molar-refractivity contribution in [1.29, 1.82) is 0 Å². The summed E-state index contributed by atoms with van der Waals surface area (Å²) in [5, 5.41) is 2.97. The normalized spacial score (nSPS) is 20.7. The summed E-state index contributed by atoms with van der Waals surface area (Å²) in [6.45, 7) is 3.05. The van der Waals surface area contributed by atoms with Crippen molar-refractivity contribution >= 4 is 11.7 Å². The van der Waals surface area contributed by atoms with Gasteiger partial charge in [0.05, 0.1) is 24.0 Å². The molecule has 2 aromatic heterocycles. The van der Waals surface area contributed by atoms with Crippen LogP contribution >= 0.6 is 0 Å². The lowest BCUT2D eigenvalue weighted by atomic mass is 10.2. The van der Waals surface area contributed by atoms with Crippen molar-refractivity contribution in [3.8, 4) is 0 Å². The van der Waals surface area contributed by atoms with Crippen LogP contribution in [0.5, 0.6) is 0 Å². The van der Waals surface area contributed by atoms with Crippen molar-refractivity contribution in [2.24, 2.45) is 0 Å². The van der Waals surface area contributed by atoms with Gasteiger partial charge in [-0.2, -0.15) is 0 Å². The maximum atomic E-state index is 12.2. The highest BCUT2D eigenvalue weighted by atomic mass is 16.5. The number of nitrogens with zero attached hydrogens (tertiary/aromatic N) is 3. The topological polar surface area (TPSA) is 80.5 Å². The maximum absolute atomic E-state index is 12.2. The highest BCUT2D eigenvalue weighted by Crippen LogP contribution is 2.24. The van der Waals surface area contributed by atoms with Crippen molar-refractivity contribution in [3.63, 3.8) is 0 Å². The largest absolute Gasteiger partial charge is 0.469 e. The molecule has 2 atom stereocenters. The van der Waals surface area contributed by atoms with E-state index in [0.29, 0.717) is 17.9 Å². The van der Waals surface area contributed by atoms with Gasteiger partial charge >= 0.3 is 0 Å². The van der Waals surface area contributed by atoms with E-state index in [4.69, 9.17) is 9.15 Å². The fourth-order valence-corrected chi connectivity index (χ4v) is 2.90. The van der Waals surface area contributed by atoms with Crippen molar-refractivity contribution in [3.05, 3.63) is 42.2 Å². The van der Waals surface area contributed by atoms with Crippen LogP contribution in [-0.2, 0) is 4.74 Å². The maximum Gasteiger partial charge on any atom is 0.254 e. The third-order valence-corrected chi connectivity index (χ3v) is 4.17. The zero-order valence-corrected chi connectivity index (χ0v) is 13.2. The molecule has 2 aromatic rings. The van der Waals surface area contributed by atoms with E-state index < -0.39 is 0 Å². The Morgan fingerprint density at radius 1 is 1.52 bits per heavy atom. The smallest absolute Gasteiger partial charge is 0.254 e. The predicted octanol–water partition coefficient (Wildman–Crippen LogP) is 1.40. The monoisotopic (exact) mass is 316 g/mol. The summed E-state index contributed by atoms with van der Waals surface area (Å²) in [6.07, 6.45) is 5.73. The van der Waals surface area contributed by atoms with Gasteiger partial charge in [-0.3, -0.25) is 4.79 Å². The number of aryl methyl sites for hydroxylation is 1. The van der Waals surface area contributed by atoms with Gasteiger partial charge in [-0.25, -0.2) is 9.97 Å². The van der Waals surface area contributed by atoms with E-state index in [2.05, 4.69) is 20.2 Å². The summed E-state index contributed by atoms with van der Waals surface area (Å²) in [6, 6.07) is 3.68. The van der Waals surface area contributed by atoms with Gasteiger partial charge in [-0.15, -0.1) is 0 Å². The number of carbonyl (C=O) groups excluding carboxylic acids is 1. The molecule has 1 saturated heterocycles. The van der Waals surface area contributed by atoms with Crippen LogP contribution < -0.4 is 10.2 Å². The van der Waals surface area contributed by atoms with Crippen LogP contribution in [-0.4, -0.2) is 48.2 Å². The van der Waals surface area contributed by atoms with Crippen molar-refractivity contribution in [2.45, 2.75) is 25.5 Å². The lowest BCUT2D eigenvalue weighted by molar-refractivity contribution is 0.0945. The van der Waals surface area contributed by atoms with Crippen LogP contribution in [0.3, 0.4) is 0 Å². The van der Waals surface area contributed by atoms with Gasteiger partial charge in [0.2, 0.25) is 0 Å². The minimum absolute atomic E-state index is 0.125. The first-order chi connectivity index (χ1) is 11.2. The van der Waals surface area contributed by atoms with Crippen LogP contribution in [0.25, 0.3) is 0 Å². The summed E-state index contributed by atoms with van der Waals surface area (Å²) in [4.78, 5) is 22.6. The molecule has 0 saturated carbocycles. The number of furan rings is 1. The fourth-order valence-electron chi connectivity index (χ4n) is 2.90. The third kappa shape index (κ3) is 3.34. The Morgan fingerprint density at radius 2 is 2.39 bits per heavy atom. The van der Waals surface area contributed by atoms with Gasteiger partial charge < -0.3 is 19.4 Å². The minimum Gasteiger partial charge on any atom is -0.469 e. The van der Waals surface area contributed by atoms with Crippen LogP contribution in [0.2, 0.25) is 0 Å². The SMILES string of the molecule is CO[C@@H]1C[C@H](CNC(=O)c2ccoc2C)N(c2ccncn2)C1. The second-order valence-electron chi connectivity index (χ2n) is 5.57. The number of hydrogen-bond acceptors (Lipinski definition) is 6. The van der Waals surface area contributed by atoms with E-state index in [1.807, 2.05) is 6.07 Å². The van der Waals surface area contributed by atoms with Gasteiger partial charge in [-0.1, -0.05) is 0 Å². The molecule has 0 bridgehead atoms. The first kappa shape index (κ1) is 15.5. The fraction of sp³-hybridized carbons (Fsp3) is 0.438. The van der Waals surface area contributed by atoms with E-state index in [1.54, 1.807) is 26.3 Å². The quantitative estimate of drug-likeness (QED) is 0.898. The van der Waals surface area contributed by atoms with Crippen LogP contribution in [0.15, 0.2) is 35.3 Å². The van der Waals surface area contributed by atoms with E-state index in [0.717, 1.165) is 18.8 Å². The number of hydrogen-bond donors (Lipinski definition) is 1. The molecule has 1 amide bonds. The molecule has 1 aliphatic heterocycles. The molecule has 23 heavy (non-hydrogen) atoms. The molecule has 0 radical (unpaired) electrons. The first-order valence-corrected chi connectivity index (χ1v) is 7.56. The Kier molecular flexibility index (Phi) is 4.57. The van der Waals surface area contributed by atoms with Gasteiger partial charge in [0.1, 0.15) is 17.9 Å². The van der Waals surface area contributed by atoms with Crippen molar-refractivity contribution < 1.29 is 13.9 Å². The van der Waals surface area contributed by atoms with Crippen LogP contribution in [0, 0.1) is 6.92 Å². The number of ether oxygens (including phenoxy) is 1. The molecule has 0 unspecified atom stereocenters. The number of carbonyl (C=O) groups is 1. The molecule has 7 nitrogen and oxygen atoms in total. The Hall–Kier alpha value is -2.41. The highest BCUT2D eigenvalue weighted by Gasteiger charge is 2.33. The summed E-state index contributed by atoms with van der Waals surface area (Å²) in [5.41, 5.74) is 0.569. The molecular weight excluding hydrogens is 296 g/mol. The molecular formula is C16H20N4O3. The van der Waals surface area contributed by atoms with Gasteiger partial charge in [0.25, 0.3) is 5.91 Å². The summed E-state index contributed by atoms with van der Waals surface area (Å²) < 4.78 is 10.7. The zero-order chi connectivity index (χ0) is 16.2. The number of anilines is 1. The molecule has 122 valence electrons. The van der Waals surface area contributed by atoms with E-state index >= 15 is 0 Å². The minimum atomic E-state index is -0.125. The van der Waals surface area contributed by atoms with Gasteiger partial charge in [0, 0.05) is 26.4 Å². The average molecular weight is 316 g/mol. The number of amides is 1. The van der Waals surface area contributed by atoms with E-state index in [9.17, 15) is 4.79 Å². The Labute approximate surface area is 134 Å². The van der Waals surface area contributed by atoms with Crippen molar-refractivity contribution in [1.82, 2.24) is 15.3 Å². The number of nitrogens with one attached hydrogen (secondary N) is 1. The average Bonchev–Trinajstić information content (AvgIpc) is 3.19. The number of rotatable bonds is 5. The second kappa shape index (κ2) is 6.78.